The van der Waals surface area contributed by atoms with Gasteiger partial charge in [-0.25, -0.2) is 0 Å². The Balaban J connectivity index is 1.93. The van der Waals surface area contributed by atoms with Crippen molar-refractivity contribution in [2.24, 2.45) is 5.92 Å². The van der Waals surface area contributed by atoms with Gasteiger partial charge in [-0.15, -0.1) is 0 Å². The highest BCUT2D eigenvalue weighted by molar-refractivity contribution is 5.80. The number of aryl methyl sites for hydroxylation is 1. The highest BCUT2D eigenvalue weighted by Crippen LogP contribution is 2.25. The van der Waals surface area contributed by atoms with Gasteiger partial charge in [-0.3, -0.25) is 9.59 Å². The Bertz CT molecular complexity index is 498. The van der Waals surface area contributed by atoms with Crippen LogP contribution in [0.25, 0.3) is 0 Å². The molecule has 4 nitrogen and oxygen atoms in total. The molecule has 1 aromatic carbocycles. The molecule has 0 unspecified atom stereocenters. The maximum Gasteiger partial charge on any atom is 0.308 e. The summed E-state index contributed by atoms with van der Waals surface area (Å²) in [4.78, 5) is 23.1. The Morgan fingerprint density at radius 2 is 2.05 bits per heavy atom. The summed E-state index contributed by atoms with van der Waals surface area (Å²) in [5, 5.41) is 12.0. The number of benzene rings is 1. The van der Waals surface area contributed by atoms with Crippen LogP contribution in [-0.2, 0) is 22.4 Å². The van der Waals surface area contributed by atoms with Gasteiger partial charge in [0.25, 0.3) is 0 Å². The molecule has 1 aliphatic rings. The Morgan fingerprint density at radius 3 is 2.75 bits per heavy atom. The predicted octanol–water partition coefficient (Wildman–Crippen LogP) is 2.16. The Kier molecular flexibility index (Phi) is 4.77. The van der Waals surface area contributed by atoms with E-state index in [0.717, 1.165) is 24.8 Å². The van der Waals surface area contributed by atoms with Gasteiger partial charge in [0.15, 0.2) is 0 Å². The van der Waals surface area contributed by atoms with Crippen LogP contribution in [-0.4, -0.2) is 23.0 Å². The first-order valence-corrected chi connectivity index (χ1v) is 7.20. The molecule has 0 bridgehead atoms. The van der Waals surface area contributed by atoms with E-state index in [1.54, 1.807) is 0 Å². The summed E-state index contributed by atoms with van der Waals surface area (Å²) in [5.74, 6) is -1.32. The van der Waals surface area contributed by atoms with E-state index in [0.29, 0.717) is 12.8 Å². The number of carboxylic acids is 1. The van der Waals surface area contributed by atoms with E-state index in [1.807, 2.05) is 24.3 Å². The number of carbonyl (C=O) groups excluding carboxylic acids is 1. The van der Waals surface area contributed by atoms with Crippen LogP contribution in [0.3, 0.4) is 0 Å². The van der Waals surface area contributed by atoms with Crippen LogP contribution >= 0.6 is 0 Å². The molecule has 0 aliphatic heterocycles. The monoisotopic (exact) mass is 275 g/mol. The Morgan fingerprint density at radius 1 is 1.30 bits per heavy atom. The summed E-state index contributed by atoms with van der Waals surface area (Å²) in [6.45, 7) is 2.08. The van der Waals surface area contributed by atoms with Gasteiger partial charge in [0.2, 0.25) is 5.91 Å². The second-order valence-electron chi connectivity index (χ2n) is 5.40. The zero-order valence-corrected chi connectivity index (χ0v) is 11.8. The molecular formula is C16H21NO3. The highest BCUT2D eigenvalue weighted by atomic mass is 16.4. The normalized spacial score (nSPS) is 21.6. The van der Waals surface area contributed by atoms with Crippen LogP contribution in [0.4, 0.5) is 0 Å². The van der Waals surface area contributed by atoms with Gasteiger partial charge in [-0.1, -0.05) is 37.6 Å². The fourth-order valence-corrected chi connectivity index (χ4v) is 2.83. The standard InChI is InChI=1S/C16H21NO3/c1-2-11-5-3-6-12(9-11)10-15(18)17-14-8-4-7-13(14)16(19)20/h3,5-6,9,13-14H,2,4,7-8,10H2,1H3,(H,17,18)(H,19,20)/t13-,14+/m0/s1. The molecule has 1 aliphatic carbocycles. The molecule has 4 heteroatoms. The van der Waals surface area contributed by atoms with Crippen molar-refractivity contribution in [3.63, 3.8) is 0 Å². The molecule has 20 heavy (non-hydrogen) atoms. The average molecular weight is 275 g/mol. The number of nitrogens with one attached hydrogen (secondary N) is 1. The van der Waals surface area contributed by atoms with E-state index in [4.69, 9.17) is 5.11 Å². The summed E-state index contributed by atoms with van der Waals surface area (Å²) < 4.78 is 0. The van der Waals surface area contributed by atoms with Gasteiger partial charge in [-0.2, -0.15) is 0 Å². The van der Waals surface area contributed by atoms with Crippen LogP contribution in [0.2, 0.25) is 0 Å². The summed E-state index contributed by atoms with van der Waals surface area (Å²) in [6.07, 6.45) is 3.55. The number of amides is 1. The van der Waals surface area contributed by atoms with Crippen LogP contribution in [0.15, 0.2) is 24.3 Å². The van der Waals surface area contributed by atoms with Crippen molar-refractivity contribution in [3.05, 3.63) is 35.4 Å². The third kappa shape index (κ3) is 3.59. The summed E-state index contributed by atoms with van der Waals surface area (Å²) in [5.41, 5.74) is 2.19. The van der Waals surface area contributed by atoms with Gasteiger partial charge in [-0.05, 0) is 30.4 Å². The van der Waals surface area contributed by atoms with Crippen LogP contribution in [0.1, 0.15) is 37.3 Å². The number of rotatable bonds is 5. The number of aliphatic carboxylic acids is 1. The van der Waals surface area contributed by atoms with Crippen molar-refractivity contribution in [1.82, 2.24) is 5.32 Å². The third-order valence-electron chi connectivity index (χ3n) is 3.94. The SMILES string of the molecule is CCc1cccc(CC(=O)N[C@@H]2CCC[C@@H]2C(=O)O)c1. The fourth-order valence-electron chi connectivity index (χ4n) is 2.83. The summed E-state index contributed by atoms with van der Waals surface area (Å²) in [6, 6.07) is 7.75. The van der Waals surface area contributed by atoms with E-state index in [1.165, 1.54) is 5.56 Å². The molecule has 0 aromatic heterocycles. The second kappa shape index (κ2) is 6.55. The van der Waals surface area contributed by atoms with Gasteiger partial charge >= 0.3 is 5.97 Å². The Hall–Kier alpha value is -1.84. The van der Waals surface area contributed by atoms with Crippen LogP contribution in [0.5, 0.6) is 0 Å². The maximum atomic E-state index is 12.0. The predicted molar refractivity (Wildman–Crippen MR) is 76.4 cm³/mol. The zero-order chi connectivity index (χ0) is 14.5. The lowest BCUT2D eigenvalue weighted by Gasteiger charge is -2.17. The third-order valence-corrected chi connectivity index (χ3v) is 3.94. The van der Waals surface area contributed by atoms with E-state index in [9.17, 15) is 9.59 Å². The molecule has 1 aromatic rings. The molecule has 2 N–H and O–H groups in total. The molecule has 108 valence electrons. The highest BCUT2D eigenvalue weighted by Gasteiger charge is 2.33. The van der Waals surface area contributed by atoms with E-state index in [2.05, 4.69) is 12.2 Å². The van der Waals surface area contributed by atoms with Crippen molar-refractivity contribution < 1.29 is 14.7 Å². The van der Waals surface area contributed by atoms with Crippen LogP contribution in [0, 0.1) is 5.92 Å². The fraction of sp³-hybridized carbons (Fsp3) is 0.500. The minimum atomic E-state index is -0.805. The smallest absolute Gasteiger partial charge is 0.308 e. The molecule has 2 atom stereocenters. The van der Waals surface area contributed by atoms with Gasteiger partial charge in [0, 0.05) is 6.04 Å². The first kappa shape index (κ1) is 14.6. The number of hydrogen-bond donors (Lipinski definition) is 2. The van der Waals surface area contributed by atoms with E-state index >= 15 is 0 Å². The van der Waals surface area contributed by atoms with E-state index in [-0.39, 0.29) is 11.9 Å². The van der Waals surface area contributed by atoms with Crippen molar-refractivity contribution in [2.45, 2.75) is 45.1 Å². The topological polar surface area (TPSA) is 66.4 Å². The summed E-state index contributed by atoms with van der Waals surface area (Å²) in [7, 11) is 0. The lowest BCUT2D eigenvalue weighted by atomic mass is 10.0. The van der Waals surface area contributed by atoms with Gasteiger partial charge < -0.3 is 10.4 Å². The quantitative estimate of drug-likeness (QED) is 0.865. The first-order chi connectivity index (χ1) is 9.60. The average Bonchev–Trinajstić information content (AvgIpc) is 2.87. The molecule has 2 rings (SSSR count). The van der Waals surface area contributed by atoms with Crippen molar-refractivity contribution in [3.8, 4) is 0 Å². The minimum absolute atomic E-state index is 0.0867. The Labute approximate surface area is 119 Å². The first-order valence-electron chi connectivity index (χ1n) is 7.20. The van der Waals surface area contributed by atoms with Gasteiger partial charge in [0.1, 0.15) is 0 Å². The summed E-state index contributed by atoms with van der Waals surface area (Å²) >= 11 is 0. The molecule has 1 saturated carbocycles. The number of carboxylic acid groups (broad SMARTS) is 1. The van der Waals surface area contributed by atoms with Crippen molar-refractivity contribution >= 4 is 11.9 Å². The van der Waals surface area contributed by atoms with Crippen molar-refractivity contribution in [1.29, 1.82) is 0 Å². The second-order valence-corrected chi connectivity index (χ2v) is 5.40. The molecule has 1 fully saturated rings. The lowest BCUT2D eigenvalue weighted by Crippen LogP contribution is -2.40. The molecular weight excluding hydrogens is 254 g/mol. The van der Waals surface area contributed by atoms with E-state index < -0.39 is 11.9 Å². The zero-order valence-electron chi connectivity index (χ0n) is 11.8. The molecule has 0 heterocycles. The molecule has 0 saturated heterocycles. The number of hydrogen-bond acceptors (Lipinski definition) is 2. The van der Waals surface area contributed by atoms with Crippen molar-refractivity contribution in [2.75, 3.05) is 0 Å². The lowest BCUT2D eigenvalue weighted by molar-refractivity contribution is -0.142. The molecule has 0 radical (unpaired) electrons. The maximum absolute atomic E-state index is 12.0. The largest absolute Gasteiger partial charge is 0.481 e. The molecule has 0 spiro atoms. The van der Waals surface area contributed by atoms with Crippen LogP contribution < -0.4 is 5.32 Å². The van der Waals surface area contributed by atoms with Gasteiger partial charge in [0.05, 0.1) is 12.3 Å². The number of carbonyl (C=O) groups is 2. The molecule has 1 amide bonds. The minimum Gasteiger partial charge on any atom is -0.481 e.